The first-order valence-corrected chi connectivity index (χ1v) is 9.06. The maximum atomic E-state index is 12.6. The predicted octanol–water partition coefficient (Wildman–Crippen LogP) is 5.37. The number of hydrogen-bond donors (Lipinski definition) is 0. The number of hydrogen-bond acceptors (Lipinski definition) is 3. The highest BCUT2D eigenvalue weighted by molar-refractivity contribution is 5.72. The summed E-state index contributed by atoms with van der Waals surface area (Å²) in [4.78, 5) is 12.6. The number of benzene rings is 2. The van der Waals surface area contributed by atoms with Gasteiger partial charge in [0.15, 0.2) is 0 Å². The largest absolute Gasteiger partial charge is 0.460 e. The van der Waals surface area contributed by atoms with Crippen LogP contribution in [0.2, 0.25) is 0 Å². The Labute approximate surface area is 156 Å². The summed E-state index contributed by atoms with van der Waals surface area (Å²) in [5, 5.41) is 10.2. The lowest BCUT2D eigenvalue weighted by Gasteiger charge is -2.35. The molecule has 0 N–H and O–H groups in total. The maximum absolute atomic E-state index is 12.6. The molecule has 0 saturated carbocycles. The summed E-state index contributed by atoms with van der Waals surface area (Å²) >= 11 is 0. The highest BCUT2D eigenvalue weighted by Crippen LogP contribution is 2.44. The number of ether oxygens (including phenoxy) is 1. The van der Waals surface area contributed by atoms with Crippen molar-refractivity contribution in [3.8, 4) is 6.07 Å². The number of carbonyl (C=O) groups excluding carboxylic acids is 1. The second kappa shape index (κ2) is 8.19. The molecule has 0 fully saturated rings. The van der Waals surface area contributed by atoms with Crippen molar-refractivity contribution in [2.45, 2.75) is 57.5 Å². The Morgan fingerprint density at radius 3 is 2.04 bits per heavy atom. The van der Waals surface area contributed by atoms with E-state index in [1.807, 2.05) is 88.4 Å². The van der Waals surface area contributed by atoms with E-state index in [1.54, 1.807) is 0 Å². The van der Waals surface area contributed by atoms with Gasteiger partial charge in [-0.15, -0.1) is 0 Å². The van der Waals surface area contributed by atoms with Crippen molar-refractivity contribution in [2.24, 2.45) is 0 Å². The van der Waals surface area contributed by atoms with E-state index < -0.39 is 11.0 Å². The summed E-state index contributed by atoms with van der Waals surface area (Å²) in [6.07, 6.45) is 0.771. The third-order valence-corrected chi connectivity index (χ3v) is 4.63. The van der Waals surface area contributed by atoms with Crippen LogP contribution in [0.3, 0.4) is 0 Å². The van der Waals surface area contributed by atoms with E-state index >= 15 is 0 Å². The summed E-state index contributed by atoms with van der Waals surface area (Å²) in [6.45, 7) is 7.58. The molecule has 0 radical (unpaired) electrons. The van der Waals surface area contributed by atoms with E-state index in [2.05, 4.69) is 6.07 Å². The number of esters is 1. The highest BCUT2D eigenvalue weighted by Gasteiger charge is 2.42. The number of nitrogens with zero attached hydrogens (tertiary/aromatic N) is 1. The first-order valence-electron chi connectivity index (χ1n) is 9.06. The fourth-order valence-corrected chi connectivity index (χ4v) is 3.42. The van der Waals surface area contributed by atoms with Crippen LogP contribution in [0.5, 0.6) is 0 Å². The van der Waals surface area contributed by atoms with E-state index in [4.69, 9.17) is 4.74 Å². The molecule has 0 aliphatic rings. The molecule has 26 heavy (non-hydrogen) atoms. The van der Waals surface area contributed by atoms with Gasteiger partial charge >= 0.3 is 5.97 Å². The van der Waals surface area contributed by atoms with Crippen molar-refractivity contribution < 1.29 is 9.53 Å². The molecule has 0 aliphatic carbocycles. The first kappa shape index (κ1) is 19.7. The summed E-state index contributed by atoms with van der Waals surface area (Å²) < 4.78 is 5.56. The van der Waals surface area contributed by atoms with Crippen LogP contribution in [0.1, 0.15) is 57.6 Å². The van der Waals surface area contributed by atoms with E-state index in [1.165, 1.54) is 0 Å². The molecule has 0 unspecified atom stereocenters. The van der Waals surface area contributed by atoms with Gasteiger partial charge in [0.1, 0.15) is 5.60 Å². The molecular formula is C23H27NO2. The van der Waals surface area contributed by atoms with Gasteiger partial charge in [0.05, 0.1) is 17.9 Å². The van der Waals surface area contributed by atoms with Gasteiger partial charge in [0.25, 0.3) is 0 Å². The highest BCUT2D eigenvalue weighted by atomic mass is 16.6. The van der Waals surface area contributed by atoms with Crippen LogP contribution in [0.15, 0.2) is 60.7 Å². The second-order valence-corrected chi connectivity index (χ2v) is 7.56. The molecule has 0 bridgehead atoms. The minimum atomic E-state index is -0.792. The molecule has 3 nitrogen and oxygen atoms in total. The van der Waals surface area contributed by atoms with Crippen molar-refractivity contribution >= 4 is 5.97 Å². The van der Waals surface area contributed by atoms with E-state index in [9.17, 15) is 10.1 Å². The first-order chi connectivity index (χ1) is 12.3. The van der Waals surface area contributed by atoms with Crippen LogP contribution < -0.4 is 0 Å². The molecule has 3 heteroatoms. The van der Waals surface area contributed by atoms with Gasteiger partial charge in [-0.05, 0) is 38.3 Å². The van der Waals surface area contributed by atoms with E-state index in [0.29, 0.717) is 6.42 Å². The molecule has 136 valence electrons. The van der Waals surface area contributed by atoms with Crippen molar-refractivity contribution in [1.82, 2.24) is 0 Å². The van der Waals surface area contributed by atoms with Gasteiger partial charge in [-0.25, -0.2) is 0 Å². The number of nitriles is 1. The number of carbonyl (C=O) groups is 1. The molecule has 0 aromatic heterocycles. The average Bonchev–Trinajstić information content (AvgIpc) is 2.62. The molecule has 0 heterocycles. The van der Waals surface area contributed by atoms with Crippen LogP contribution in [-0.2, 0) is 14.9 Å². The van der Waals surface area contributed by atoms with E-state index in [0.717, 1.165) is 11.1 Å². The Kier molecular flexibility index (Phi) is 6.21. The van der Waals surface area contributed by atoms with Crippen molar-refractivity contribution in [1.29, 1.82) is 5.26 Å². The van der Waals surface area contributed by atoms with Crippen LogP contribution in [0, 0.1) is 11.3 Å². The third kappa shape index (κ3) is 4.52. The minimum Gasteiger partial charge on any atom is -0.460 e. The standard InChI is InChI=1S/C23H27NO2/c1-5-23(17-24,19-14-10-7-11-15-19)20(18-12-8-6-9-13-18)16-21(25)26-22(2,3)4/h6-15,20H,5,16H2,1-4H3/t20-,23+/m0/s1. The molecule has 0 aliphatic heterocycles. The Morgan fingerprint density at radius 1 is 1.04 bits per heavy atom. The van der Waals surface area contributed by atoms with Crippen LogP contribution >= 0.6 is 0 Å². The predicted molar refractivity (Wildman–Crippen MR) is 104 cm³/mol. The smallest absolute Gasteiger partial charge is 0.306 e. The molecule has 2 aromatic carbocycles. The van der Waals surface area contributed by atoms with E-state index in [-0.39, 0.29) is 18.3 Å². The Morgan fingerprint density at radius 2 is 1.58 bits per heavy atom. The Bertz CT molecular complexity index is 756. The normalized spacial score (nSPS) is 14.7. The monoisotopic (exact) mass is 349 g/mol. The molecule has 0 amide bonds. The minimum absolute atomic E-state index is 0.164. The molecule has 0 spiro atoms. The Hall–Kier alpha value is -2.60. The molecule has 2 rings (SSSR count). The average molecular weight is 349 g/mol. The van der Waals surface area contributed by atoms with Gasteiger partial charge in [0, 0.05) is 5.92 Å². The van der Waals surface area contributed by atoms with Crippen LogP contribution in [-0.4, -0.2) is 11.6 Å². The second-order valence-electron chi connectivity index (χ2n) is 7.56. The summed E-state index contributed by atoms with van der Waals surface area (Å²) in [5.41, 5.74) is 0.569. The SMILES string of the molecule is CC[C@@](C#N)(c1ccccc1)[C@@H](CC(=O)OC(C)(C)C)c1ccccc1. The molecule has 2 aromatic rings. The Balaban J connectivity index is 2.51. The van der Waals surface area contributed by atoms with Gasteiger partial charge in [-0.3, -0.25) is 4.79 Å². The fraction of sp³-hybridized carbons (Fsp3) is 0.391. The maximum Gasteiger partial charge on any atom is 0.306 e. The van der Waals surface area contributed by atoms with Crippen molar-refractivity contribution in [3.63, 3.8) is 0 Å². The zero-order valence-electron chi connectivity index (χ0n) is 16.0. The molecule has 2 atom stereocenters. The van der Waals surface area contributed by atoms with Crippen LogP contribution in [0.25, 0.3) is 0 Å². The molecular weight excluding hydrogens is 322 g/mol. The quantitative estimate of drug-likeness (QED) is 0.658. The topological polar surface area (TPSA) is 50.1 Å². The lowest BCUT2D eigenvalue weighted by molar-refractivity contribution is -0.155. The number of rotatable bonds is 6. The fourth-order valence-electron chi connectivity index (χ4n) is 3.42. The third-order valence-electron chi connectivity index (χ3n) is 4.63. The zero-order valence-corrected chi connectivity index (χ0v) is 16.0. The van der Waals surface area contributed by atoms with Gasteiger partial charge in [0.2, 0.25) is 0 Å². The van der Waals surface area contributed by atoms with Crippen LogP contribution in [0.4, 0.5) is 0 Å². The van der Waals surface area contributed by atoms with Gasteiger partial charge in [-0.2, -0.15) is 5.26 Å². The lowest BCUT2D eigenvalue weighted by Crippen LogP contribution is -2.35. The summed E-state index contributed by atoms with van der Waals surface area (Å²) in [6, 6.07) is 22.1. The lowest BCUT2D eigenvalue weighted by atomic mass is 9.65. The summed E-state index contributed by atoms with van der Waals surface area (Å²) in [5.74, 6) is -0.564. The molecule has 0 saturated heterocycles. The van der Waals surface area contributed by atoms with Crippen molar-refractivity contribution in [3.05, 3.63) is 71.8 Å². The summed E-state index contributed by atoms with van der Waals surface area (Å²) in [7, 11) is 0. The van der Waals surface area contributed by atoms with Crippen molar-refractivity contribution in [2.75, 3.05) is 0 Å². The van der Waals surface area contributed by atoms with Gasteiger partial charge in [-0.1, -0.05) is 67.6 Å². The van der Waals surface area contributed by atoms with Gasteiger partial charge < -0.3 is 4.74 Å². The zero-order chi connectivity index (χ0) is 19.2.